The summed E-state index contributed by atoms with van der Waals surface area (Å²) in [5.41, 5.74) is 2.99. The summed E-state index contributed by atoms with van der Waals surface area (Å²) in [4.78, 5) is 4.54. The van der Waals surface area contributed by atoms with Crippen LogP contribution in [0.4, 0.5) is 0 Å². The molecule has 4 nitrogen and oxygen atoms in total. The van der Waals surface area contributed by atoms with Gasteiger partial charge in [-0.1, -0.05) is 29.3 Å². The van der Waals surface area contributed by atoms with Crippen LogP contribution in [0.25, 0.3) is 16.4 Å². The second-order valence-electron chi connectivity index (χ2n) is 4.31. The van der Waals surface area contributed by atoms with E-state index in [9.17, 15) is 0 Å². The lowest BCUT2D eigenvalue weighted by Crippen LogP contribution is -1.98. The van der Waals surface area contributed by atoms with Gasteiger partial charge in [0.05, 0.1) is 33.2 Å². The first kappa shape index (κ1) is 14.1. The van der Waals surface area contributed by atoms with E-state index in [2.05, 4.69) is 16.2 Å². The fourth-order valence-electron chi connectivity index (χ4n) is 1.86. The summed E-state index contributed by atoms with van der Waals surface area (Å²) in [6, 6.07) is 7.48. The first-order valence-electron chi connectivity index (χ1n) is 5.96. The summed E-state index contributed by atoms with van der Waals surface area (Å²) in [6.45, 7) is 1.84. The van der Waals surface area contributed by atoms with Gasteiger partial charge in [0.25, 0.3) is 0 Å². The first-order valence-corrected chi connectivity index (χ1v) is 7.59. The number of aromatic nitrogens is 3. The summed E-state index contributed by atoms with van der Waals surface area (Å²) < 4.78 is 1.66. The Morgan fingerprint density at radius 3 is 2.76 bits per heavy atom. The maximum absolute atomic E-state index is 8.97. The molecule has 0 atom stereocenters. The number of hydrogen-bond acceptors (Lipinski definition) is 4. The van der Waals surface area contributed by atoms with E-state index in [1.807, 2.05) is 18.4 Å². The molecule has 3 rings (SSSR count). The molecule has 0 aliphatic rings. The molecule has 3 aromatic rings. The SMILES string of the molecule is Cc1c(C#N)cnn1-c1nc(-c2ccc(Cl)c(Cl)c2)cs1. The maximum atomic E-state index is 8.97. The average Bonchev–Trinajstić information content (AvgIpc) is 3.08. The molecule has 0 saturated carbocycles. The predicted molar refractivity (Wildman–Crippen MR) is 84.1 cm³/mol. The van der Waals surface area contributed by atoms with E-state index >= 15 is 0 Å². The van der Waals surface area contributed by atoms with Crippen molar-refractivity contribution < 1.29 is 0 Å². The molecular formula is C14H8Cl2N4S. The van der Waals surface area contributed by atoms with Gasteiger partial charge in [-0.05, 0) is 19.1 Å². The van der Waals surface area contributed by atoms with E-state index < -0.39 is 0 Å². The Bertz CT molecular complexity index is 860. The normalized spacial score (nSPS) is 10.6. The topological polar surface area (TPSA) is 54.5 Å². The highest BCUT2D eigenvalue weighted by Gasteiger charge is 2.12. The minimum absolute atomic E-state index is 0.491. The summed E-state index contributed by atoms with van der Waals surface area (Å²) >= 11 is 13.4. The van der Waals surface area contributed by atoms with Crippen molar-refractivity contribution in [2.24, 2.45) is 0 Å². The molecule has 0 saturated heterocycles. The zero-order valence-electron chi connectivity index (χ0n) is 10.8. The third-order valence-corrected chi connectivity index (χ3v) is 4.57. The third kappa shape index (κ3) is 2.54. The number of thiazole rings is 1. The van der Waals surface area contributed by atoms with Crippen molar-refractivity contribution in [2.75, 3.05) is 0 Å². The molecule has 21 heavy (non-hydrogen) atoms. The van der Waals surface area contributed by atoms with Gasteiger partial charge in [0.15, 0.2) is 0 Å². The molecule has 104 valence electrons. The zero-order chi connectivity index (χ0) is 15.0. The van der Waals surface area contributed by atoms with Gasteiger partial charge in [0.1, 0.15) is 6.07 Å². The van der Waals surface area contributed by atoms with Crippen molar-refractivity contribution in [3.8, 4) is 22.5 Å². The molecule has 2 aromatic heterocycles. The van der Waals surface area contributed by atoms with Crippen molar-refractivity contribution in [1.29, 1.82) is 5.26 Å². The summed E-state index contributed by atoms with van der Waals surface area (Å²) in [6.07, 6.45) is 1.54. The van der Waals surface area contributed by atoms with Crippen LogP contribution in [0.15, 0.2) is 29.8 Å². The van der Waals surface area contributed by atoms with Crippen LogP contribution < -0.4 is 0 Å². The summed E-state index contributed by atoms with van der Waals surface area (Å²) in [5.74, 6) is 0. The number of benzene rings is 1. The van der Waals surface area contributed by atoms with Crippen LogP contribution in [0.3, 0.4) is 0 Å². The van der Waals surface area contributed by atoms with E-state index in [0.717, 1.165) is 17.0 Å². The Morgan fingerprint density at radius 2 is 2.10 bits per heavy atom. The van der Waals surface area contributed by atoms with E-state index in [4.69, 9.17) is 28.5 Å². The van der Waals surface area contributed by atoms with E-state index in [-0.39, 0.29) is 0 Å². The summed E-state index contributed by atoms with van der Waals surface area (Å²) in [7, 11) is 0. The van der Waals surface area contributed by atoms with Crippen molar-refractivity contribution >= 4 is 34.5 Å². The fraction of sp³-hybridized carbons (Fsp3) is 0.0714. The average molecular weight is 335 g/mol. The molecule has 0 spiro atoms. The van der Waals surface area contributed by atoms with Crippen LogP contribution in [0, 0.1) is 18.3 Å². The maximum Gasteiger partial charge on any atom is 0.211 e. The number of halogens is 2. The molecule has 0 radical (unpaired) electrons. The van der Waals surface area contributed by atoms with Gasteiger partial charge in [-0.3, -0.25) is 0 Å². The molecule has 0 amide bonds. The van der Waals surface area contributed by atoms with E-state index in [0.29, 0.717) is 20.7 Å². The lowest BCUT2D eigenvalue weighted by Gasteiger charge is -2.00. The number of hydrogen-bond donors (Lipinski definition) is 0. The van der Waals surface area contributed by atoms with Crippen LogP contribution in [0.5, 0.6) is 0 Å². The van der Waals surface area contributed by atoms with Gasteiger partial charge >= 0.3 is 0 Å². The highest BCUT2D eigenvalue weighted by Crippen LogP contribution is 2.30. The van der Waals surface area contributed by atoms with Crippen LogP contribution in [-0.4, -0.2) is 14.8 Å². The Labute approximate surface area is 135 Å². The molecule has 7 heteroatoms. The van der Waals surface area contributed by atoms with Gasteiger partial charge in [0, 0.05) is 10.9 Å². The molecule has 0 unspecified atom stereocenters. The number of nitriles is 1. The molecule has 0 aliphatic heterocycles. The third-order valence-electron chi connectivity index (χ3n) is 3.02. The Balaban J connectivity index is 2.01. The fourth-order valence-corrected chi connectivity index (χ4v) is 3.00. The lowest BCUT2D eigenvalue weighted by atomic mass is 10.2. The van der Waals surface area contributed by atoms with E-state index in [1.165, 1.54) is 17.5 Å². The Kier molecular flexibility index (Phi) is 3.68. The molecule has 0 aliphatic carbocycles. The second-order valence-corrected chi connectivity index (χ2v) is 5.96. The van der Waals surface area contributed by atoms with Gasteiger partial charge < -0.3 is 0 Å². The minimum Gasteiger partial charge on any atom is -0.218 e. The van der Waals surface area contributed by atoms with Gasteiger partial charge in [-0.25, -0.2) is 9.67 Å². The van der Waals surface area contributed by atoms with E-state index in [1.54, 1.807) is 16.8 Å². The van der Waals surface area contributed by atoms with Crippen LogP contribution in [-0.2, 0) is 0 Å². The number of rotatable bonds is 2. The van der Waals surface area contributed by atoms with Gasteiger partial charge in [0.2, 0.25) is 5.13 Å². The Hall–Kier alpha value is -1.87. The number of nitrogens with zero attached hydrogens (tertiary/aromatic N) is 4. The molecular weight excluding hydrogens is 327 g/mol. The molecule has 0 N–H and O–H groups in total. The smallest absolute Gasteiger partial charge is 0.211 e. The van der Waals surface area contributed by atoms with Crippen molar-refractivity contribution in [1.82, 2.24) is 14.8 Å². The quantitative estimate of drug-likeness (QED) is 0.694. The largest absolute Gasteiger partial charge is 0.218 e. The lowest BCUT2D eigenvalue weighted by molar-refractivity contribution is 0.838. The zero-order valence-corrected chi connectivity index (χ0v) is 13.2. The first-order chi connectivity index (χ1) is 10.1. The Morgan fingerprint density at radius 1 is 1.29 bits per heavy atom. The second kappa shape index (κ2) is 5.49. The van der Waals surface area contributed by atoms with Crippen LogP contribution >= 0.6 is 34.5 Å². The monoisotopic (exact) mass is 334 g/mol. The highest BCUT2D eigenvalue weighted by atomic mass is 35.5. The van der Waals surface area contributed by atoms with Crippen LogP contribution in [0.1, 0.15) is 11.3 Å². The minimum atomic E-state index is 0.491. The molecule has 0 bridgehead atoms. The summed E-state index contributed by atoms with van der Waals surface area (Å²) in [5, 5.41) is 16.8. The molecule has 2 heterocycles. The predicted octanol–water partition coefficient (Wildman–Crippen LogP) is 4.48. The van der Waals surface area contributed by atoms with Crippen molar-refractivity contribution in [2.45, 2.75) is 6.92 Å². The highest BCUT2D eigenvalue weighted by molar-refractivity contribution is 7.12. The van der Waals surface area contributed by atoms with Gasteiger partial charge in [-0.15, -0.1) is 11.3 Å². The van der Waals surface area contributed by atoms with Crippen molar-refractivity contribution in [3.05, 3.63) is 51.1 Å². The molecule has 1 aromatic carbocycles. The van der Waals surface area contributed by atoms with Crippen molar-refractivity contribution in [3.63, 3.8) is 0 Å². The van der Waals surface area contributed by atoms with Crippen LogP contribution in [0.2, 0.25) is 10.0 Å². The molecule has 0 fully saturated rings. The van der Waals surface area contributed by atoms with Gasteiger partial charge in [-0.2, -0.15) is 10.4 Å². The standard InChI is InChI=1S/C14H8Cl2N4S/c1-8-10(5-17)6-18-20(8)14-19-13(7-21-14)9-2-3-11(15)12(16)4-9/h2-4,6-7H,1H3.